The number of ketones is 3. The van der Waals surface area contributed by atoms with Crippen molar-refractivity contribution in [3.63, 3.8) is 0 Å². The van der Waals surface area contributed by atoms with Crippen molar-refractivity contribution in [2.75, 3.05) is 54.1 Å². The van der Waals surface area contributed by atoms with E-state index >= 15 is 0 Å². The lowest BCUT2D eigenvalue weighted by atomic mass is 9.81. The van der Waals surface area contributed by atoms with Gasteiger partial charge in [0.1, 0.15) is 22.2 Å². The van der Waals surface area contributed by atoms with Crippen LogP contribution in [0.3, 0.4) is 0 Å². The standard InChI is InChI=1S/C58H94N6O12S/c1-16-19-43(60-55(71)45-35-77-56(61-45)50(75-40(10)65)34-46(36(4)5)64(15)57(72)44(38(8)18-3)33-51(68)58(11,12)63(13)14)31-41-20-21-49(76-53(70)23-27-74-28-24-59)42(30-41)32-47(66)39(9)29-48(67)54(37(6)7)62-52(69)22-26-73-25-17-2/h20-21,30,35-39,43-44,46,50,54H,16-19,22-29,31-34,59H2,1-15H3,(H,60,71)(H,62,69)/t38-,39?,43+,44-,46+,50+,54?/m0/s1. The van der Waals surface area contributed by atoms with E-state index < -0.39 is 59.5 Å². The highest BCUT2D eigenvalue weighted by atomic mass is 32.1. The number of rotatable bonds is 38. The summed E-state index contributed by atoms with van der Waals surface area (Å²) in [5.41, 5.74) is 6.06. The van der Waals surface area contributed by atoms with Crippen molar-refractivity contribution in [3.8, 4) is 5.75 Å². The molecule has 19 heteroatoms. The first kappa shape index (κ1) is 68.2. The summed E-state index contributed by atoms with van der Waals surface area (Å²) in [5.74, 6) is -4.08. The number of carbonyl (C=O) groups is 8. The van der Waals surface area contributed by atoms with E-state index in [1.54, 1.807) is 42.5 Å². The van der Waals surface area contributed by atoms with Gasteiger partial charge in [-0.2, -0.15) is 0 Å². The molecule has 2 rings (SSSR count). The maximum Gasteiger partial charge on any atom is 0.313 e. The maximum atomic E-state index is 14.4. The number of nitrogens with zero attached hydrogens (tertiary/aromatic N) is 3. The molecule has 0 spiro atoms. The van der Waals surface area contributed by atoms with Crippen LogP contribution in [0.2, 0.25) is 0 Å². The molecule has 0 radical (unpaired) electrons. The molecule has 1 aromatic carbocycles. The molecule has 0 saturated carbocycles. The number of hydrogen-bond acceptors (Lipinski definition) is 16. The van der Waals surface area contributed by atoms with E-state index in [1.807, 2.05) is 88.2 Å². The fourth-order valence-electron chi connectivity index (χ4n) is 8.79. The molecule has 3 amide bonds. The third-order valence-corrected chi connectivity index (χ3v) is 15.3. The lowest BCUT2D eigenvalue weighted by molar-refractivity contribution is -0.150. The van der Waals surface area contributed by atoms with E-state index in [0.29, 0.717) is 49.4 Å². The van der Waals surface area contributed by atoms with Crippen LogP contribution in [-0.4, -0.2) is 140 Å². The summed E-state index contributed by atoms with van der Waals surface area (Å²) in [6, 6.07) is 3.57. The quantitative estimate of drug-likeness (QED) is 0.0332. The number of carbonyl (C=O) groups excluding carboxylic acids is 8. The van der Waals surface area contributed by atoms with Gasteiger partial charge in [0.05, 0.1) is 37.8 Å². The Morgan fingerprint density at radius 1 is 0.818 bits per heavy atom. The number of benzene rings is 1. The minimum Gasteiger partial charge on any atom is -0.455 e. The van der Waals surface area contributed by atoms with Crippen LogP contribution in [0.25, 0.3) is 0 Å². The smallest absolute Gasteiger partial charge is 0.313 e. The number of amides is 3. The fourth-order valence-corrected chi connectivity index (χ4v) is 9.63. The molecule has 0 bridgehead atoms. The Morgan fingerprint density at radius 3 is 2.06 bits per heavy atom. The predicted molar refractivity (Wildman–Crippen MR) is 299 cm³/mol. The molecular formula is C58H94N6O12S. The summed E-state index contributed by atoms with van der Waals surface area (Å²) in [5, 5.41) is 7.95. The summed E-state index contributed by atoms with van der Waals surface area (Å²) in [7, 11) is 5.42. The molecule has 18 nitrogen and oxygen atoms in total. The van der Waals surface area contributed by atoms with Gasteiger partial charge < -0.3 is 40.2 Å². The van der Waals surface area contributed by atoms with E-state index in [2.05, 4.69) is 10.6 Å². The second-order valence-corrected chi connectivity index (χ2v) is 22.7. The van der Waals surface area contributed by atoms with Gasteiger partial charge in [-0.3, -0.25) is 43.3 Å². The average molecular weight is 1100 g/mol. The number of likely N-dealkylation sites (N-methyl/N-ethyl adjacent to an activating group) is 1. The first-order valence-corrected chi connectivity index (χ1v) is 28.5. The second-order valence-electron chi connectivity index (χ2n) is 21.8. The molecule has 77 heavy (non-hydrogen) atoms. The number of ether oxygens (including phenoxy) is 4. The van der Waals surface area contributed by atoms with Crippen LogP contribution in [0.1, 0.15) is 174 Å². The Bertz CT molecular complexity index is 2230. The van der Waals surface area contributed by atoms with Gasteiger partial charge in [0.25, 0.3) is 5.91 Å². The van der Waals surface area contributed by atoms with E-state index in [0.717, 1.165) is 12.0 Å². The van der Waals surface area contributed by atoms with Crippen LogP contribution in [-0.2, 0) is 60.6 Å². The van der Waals surface area contributed by atoms with Crippen molar-refractivity contribution in [3.05, 3.63) is 45.4 Å². The number of thiazole rings is 1. The summed E-state index contributed by atoms with van der Waals surface area (Å²) < 4.78 is 22.5. The van der Waals surface area contributed by atoms with Gasteiger partial charge in [0.2, 0.25) is 11.8 Å². The molecule has 2 unspecified atom stereocenters. The lowest BCUT2D eigenvalue weighted by Crippen LogP contribution is -2.50. The van der Waals surface area contributed by atoms with Crippen LogP contribution < -0.4 is 21.1 Å². The Kier molecular flexibility index (Phi) is 30.2. The maximum absolute atomic E-state index is 14.4. The van der Waals surface area contributed by atoms with Crippen molar-refractivity contribution in [1.82, 2.24) is 25.4 Å². The molecule has 7 atom stereocenters. The van der Waals surface area contributed by atoms with Crippen molar-refractivity contribution >= 4 is 58.3 Å². The molecule has 434 valence electrons. The van der Waals surface area contributed by atoms with E-state index in [9.17, 15) is 38.4 Å². The van der Waals surface area contributed by atoms with Gasteiger partial charge in [-0.15, -0.1) is 11.3 Å². The first-order chi connectivity index (χ1) is 36.2. The number of esters is 2. The third-order valence-electron chi connectivity index (χ3n) is 14.4. The molecule has 0 aliphatic carbocycles. The van der Waals surface area contributed by atoms with Crippen molar-refractivity contribution < 1.29 is 57.3 Å². The summed E-state index contributed by atoms with van der Waals surface area (Å²) in [4.78, 5) is 116. The normalized spacial score (nSPS) is 14.5. The molecule has 2 aromatic rings. The van der Waals surface area contributed by atoms with E-state index in [4.69, 9.17) is 29.7 Å². The Labute approximate surface area is 463 Å². The lowest BCUT2D eigenvalue weighted by Gasteiger charge is -2.38. The van der Waals surface area contributed by atoms with Gasteiger partial charge in [0, 0.05) is 94.1 Å². The molecule has 0 aliphatic heterocycles. The number of nitrogens with one attached hydrogen (secondary N) is 2. The SMILES string of the molecule is CCCOCCC(=O)NC(C(=O)CC(C)C(=O)Cc1cc(C[C@@H](CCC)NC(=O)c2csc([C@@H](C[C@H](C(C)C)N(C)C(=O)[C@@H](CC(=O)C(C)(C)N(C)C)[C@@H](C)CC)OC(C)=O)n2)ccc1OC(=O)CCOCCN)C(C)C. The summed E-state index contributed by atoms with van der Waals surface area (Å²) in [6.45, 7) is 23.7. The highest BCUT2D eigenvalue weighted by Crippen LogP contribution is 2.33. The number of Topliss-reactive ketones (excluding diaryl/α,β-unsaturated/α-hetero) is 3. The molecule has 4 N–H and O–H groups in total. The van der Waals surface area contributed by atoms with Gasteiger partial charge >= 0.3 is 11.9 Å². The highest BCUT2D eigenvalue weighted by molar-refractivity contribution is 7.09. The zero-order chi connectivity index (χ0) is 58.2. The minimum atomic E-state index is -0.879. The van der Waals surface area contributed by atoms with Crippen molar-refractivity contribution in [2.45, 2.75) is 183 Å². The Morgan fingerprint density at radius 2 is 1.48 bits per heavy atom. The molecule has 0 saturated heterocycles. The summed E-state index contributed by atoms with van der Waals surface area (Å²) in [6.07, 6.45) is 2.36. The molecule has 0 aliphatic rings. The Balaban J connectivity index is 2.41. The molecule has 0 fully saturated rings. The number of nitrogens with two attached hydrogens (primary N) is 1. The van der Waals surface area contributed by atoms with Gasteiger partial charge in [-0.25, -0.2) is 4.98 Å². The average Bonchev–Trinajstić information content (AvgIpc) is 3.87. The van der Waals surface area contributed by atoms with Gasteiger partial charge in [-0.05, 0) is 76.6 Å². The van der Waals surface area contributed by atoms with Gasteiger partial charge in [0.15, 0.2) is 17.7 Å². The van der Waals surface area contributed by atoms with Gasteiger partial charge in [-0.1, -0.05) is 87.3 Å². The van der Waals surface area contributed by atoms with Crippen LogP contribution in [0.4, 0.5) is 0 Å². The second kappa shape index (κ2) is 34.1. The molecule has 1 aromatic heterocycles. The van der Waals surface area contributed by atoms with Crippen LogP contribution in [0.15, 0.2) is 23.6 Å². The molecule has 1 heterocycles. The largest absolute Gasteiger partial charge is 0.455 e. The van der Waals surface area contributed by atoms with Crippen LogP contribution in [0, 0.1) is 29.6 Å². The summed E-state index contributed by atoms with van der Waals surface area (Å²) >= 11 is 1.18. The highest BCUT2D eigenvalue weighted by Gasteiger charge is 2.39. The van der Waals surface area contributed by atoms with Crippen LogP contribution in [0.5, 0.6) is 5.75 Å². The Hall–Kier alpha value is -4.95. The van der Waals surface area contributed by atoms with E-state index in [-0.39, 0.29) is 117 Å². The first-order valence-electron chi connectivity index (χ1n) is 27.7. The zero-order valence-electron chi connectivity index (χ0n) is 49.0. The zero-order valence-corrected chi connectivity index (χ0v) is 49.9. The van der Waals surface area contributed by atoms with E-state index in [1.165, 1.54) is 18.3 Å². The van der Waals surface area contributed by atoms with Crippen molar-refractivity contribution in [2.24, 2.45) is 35.3 Å². The third kappa shape index (κ3) is 22.7. The number of hydrogen-bond donors (Lipinski definition) is 3. The predicted octanol–water partition coefficient (Wildman–Crippen LogP) is 7.66. The fraction of sp³-hybridized carbons (Fsp3) is 0.707. The monoisotopic (exact) mass is 1100 g/mol. The topological polar surface area (TPSA) is 243 Å². The van der Waals surface area contributed by atoms with Crippen molar-refractivity contribution in [1.29, 1.82) is 0 Å². The van der Waals surface area contributed by atoms with Crippen LogP contribution >= 0.6 is 11.3 Å². The molecular weight excluding hydrogens is 1000 g/mol. The minimum absolute atomic E-state index is 0.0292. The number of aromatic nitrogens is 1.